The molecule has 11 nitrogen and oxygen atoms in total. The van der Waals surface area contributed by atoms with Gasteiger partial charge in [-0.3, -0.25) is 29.2 Å². The molecule has 0 aliphatic carbocycles. The summed E-state index contributed by atoms with van der Waals surface area (Å²) in [5, 5.41) is 0. The molecule has 1 aromatic heterocycles. The normalized spacial score (nSPS) is 16.8. The van der Waals surface area contributed by atoms with Crippen molar-refractivity contribution in [1.82, 2.24) is 19.7 Å². The molecule has 2 atom stereocenters. The minimum Gasteiger partial charge on any atom is -0.461 e. The number of carbonyl (C=O) groups excluding carboxylic acids is 4. The molecular formula is C38H56N4O7. The maximum Gasteiger partial charge on any atom is 0.323 e. The highest BCUT2D eigenvalue weighted by atomic mass is 16.6. The Morgan fingerprint density at radius 3 is 1.67 bits per heavy atom. The molecule has 2 heterocycles. The molecule has 1 aliphatic rings. The summed E-state index contributed by atoms with van der Waals surface area (Å²) in [7, 11) is 2.00. The number of likely N-dealkylation sites (N-methyl/N-ethyl adjacent to an activating group) is 1. The Hall–Kier alpha value is -3.67. The van der Waals surface area contributed by atoms with Gasteiger partial charge in [-0.25, -0.2) is 0 Å². The summed E-state index contributed by atoms with van der Waals surface area (Å²) in [6, 6.07) is 13.9. The summed E-state index contributed by atoms with van der Waals surface area (Å²) in [6.07, 6.45) is 0.905. The van der Waals surface area contributed by atoms with Gasteiger partial charge in [-0.1, -0.05) is 36.4 Å². The molecule has 270 valence electrons. The van der Waals surface area contributed by atoms with Crippen molar-refractivity contribution < 1.29 is 33.4 Å². The van der Waals surface area contributed by atoms with Crippen LogP contribution in [0.4, 0.5) is 0 Å². The summed E-state index contributed by atoms with van der Waals surface area (Å²) in [6.45, 7) is 15.7. The molecule has 3 rings (SSSR count). The third-order valence-corrected chi connectivity index (χ3v) is 8.01. The number of rotatable bonds is 12. The number of nitrogens with zero attached hydrogens (tertiary/aromatic N) is 4. The van der Waals surface area contributed by atoms with Crippen LogP contribution in [0.3, 0.4) is 0 Å². The molecule has 1 aliphatic heterocycles. The van der Waals surface area contributed by atoms with E-state index in [9.17, 15) is 19.2 Å². The molecule has 0 fully saturated rings. The Morgan fingerprint density at radius 2 is 1.20 bits per heavy atom. The lowest BCUT2D eigenvalue weighted by atomic mass is 10.1. The molecule has 2 aromatic rings. The monoisotopic (exact) mass is 680 g/mol. The third kappa shape index (κ3) is 14.8. The summed E-state index contributed by atoms with van der Waals surface area (Å²) in [4.78, 5) is 63.2. The fraction of sp³-hybridized carbons (Fsp3) is 0.605. The van der Waals surface area contributed by atoms with Crippen molar-refractivity contribution in [2.45, 2.75) is 117 Å². The zero-order chi connectivity index (χ0) is 36.2. The second-order valence-electron chi connectivity index (χ2n) is 14.9. The minimum absolute atomic E-state index is 0.0178. The lowest BCUT2D eigenvalue weighted by molar-refractivity contribution is -0.163. The van der Waals surface area contributed by atoms with Crippen molar-refractivity contribution in [3.05, 3.63) is 65.5 Å². The number of esters is 3. The van der Waals surface area contributed by atoms with Gasteiger partial charge in [0.05, 0.1) is 11.4 Å². The number of carbonyl (C=O) groups is 4. The SMILES string of the molecule is CC(=O)CC[C@H](C(=O)OC(C)(C)C)N1CCN(C)CCN([C@@H](CCC(=O)OCc2ccccc2)C(=O)OC(C)(C)C)Cc2cccc(n2)C1. The van der Waals surface area contributed by atoms with Crippen LogP contribution in [0.2, 0.25) is 0 Å². The summed E-state index contributed by atoms with van der Waals surface area (Å²) >= 11 is 0. The van der Waals surface area contributed by atoms with Crippen molar-refractivity contribution >= 4 is 23.7 Å². The average Bonchev–Trinajstić information content (AvgIpc) is 2.99. The van der Waals surface area contributed by atoms with Crippen LogP contribution in [0, 0.1) is 0 Å². The van der Waals surface area contributed by atoms with E-state index >= 15 is 0 Å². The Bertz CT molecular complexity index is 1390. The van der Waals surface area contributed by atoms with Gasteiger partial charge < -0.3 is 23.9 Å². The minimum atomic E-state index is -0.707. The number of hydrogen-bond donors (Lipinski definition) is 0. The second-order valence-corrected chi connectivity index (χ2v) is 14.9. The molecule has 49 heavy (non-hydrogen) atoms. The first-order valence-corrected chi connectivity index (χ1v) is 17.3. The molecule has 0 radical (unpaired) electrons. The summed E-state index contributed by atoms with van der Waals surface area (Å²) < 4.78 is 17.2. The first-order chi connectivity index (χ1) is 23.0. The standard InChI is InChI=1S/C38H56N4O7/c1-28(43)17-18-32(35(45)48-37(2,3)4)41-23-21-40(8)22-24-42(26-31-16-12-15-30(25-41)39-31)33(36(46)49-38(5,6)7)19-20-34(44)47-27-29-13-10-9-11-14-29/h9-16,32-33H,17-27H2,1-8H3/t32-,33+/m1/s1. The first-order valence-electron chi connectivity index (χ1n) is 17.3. The van der Waals surface area contributed by atoms with Crippen LogP contribution in [0.1, 0.15) is 91.1 Å². The predicted octanol–water partition coefficient (Wildman–Crippen LogP) is 4.94. The Balaban J connectivity index is 1.87. The molecule has 0 saturated heterocycles. The molecule has 0 saturated carbocycles. The van der Waals surface area contributed by atoms with Gasteiger partial charge in [0.1, 0.15) is 35.7 Å². The second kappa shape index (κ2) is 18.4. The van der Waals surface area contributed by atoms with Crippen LogP contribution in [0.25, 0.3) is 0 Å². The fourth-order valence-corrected chi connectivity index (χ4v) is 5.57. The van der Waals surface area contributed by atoms with Gasteiger partial charge in [-0.05, 0) is 86.1 Å². The molecule has 0 spiro atoms. The summed E-state index contributed by atoms with van der Waals surface area (Å²) in [5.74, 6) is -1.11. The maximum absolute atomic E-state index is 13.7. The number of Topliss-reactive ketones (excluding diaryl/α,β-unsaturated/α-hetero) is 1. The maximum atomic E-state index is 13.7. The zero-order valence-corrected chi connectivity index (χ0v) is 30.7. The van der Waals surface area contributed by atoms with Crippen LogP contribution in [0.5, 0.6) is 0 Å². The number of benzene rings is 1. The van der Waals surface area contributed by atoms with Crippen LogP contribution in [-0.2, 0) is 53.1 Å². The molecule has 0 unspecified atom stereocenters. The number of ketones is 1. The quantitative estimate of drug-likeness (QED) is 0.224. The van der Waals surface area contributed by atoms with Gasteiger partial charge in [-0.15, -0.1) is 0 Å². The van der Waals surface area contributed by atoms with Gasteiger partial charge in [0, 0.05) is 52.1 Å². The van der Waals surface area contributed by atoms with Crippen molar-refractivity contribution in [2.24, 2.45) is 0 Å². The highest BCUT2D eigenvalue weighted by Crippen LogP contribution is 2.21. The highest BCUT2D eigenvalue weighted by molar-refractivity contribution is 5.79. The molecule has 2 bridgehead atoms. The summed E-state index contributed by atoms with van der Waals surface area (Å²) in [5.41, 5.74) is 1.03. The van der Waals surface area contributed by atoms with Gasteiger partial charge >= 0.3 is 17.9 Å². The van der Waals surface area contributed by atoms with E-state index in [2.05, 4.69) is 9.80 Å². The Morgan fingerprint density at radius 1 is 0.714 bits per heavy atom. The predicted molar refractivity (Wildman–Crippen MR) is 187 cm³/mol. The van der Waals surface area contributed by atoms with E-state index in [0.717, 1.165) is 17.0 Å². The van der Waals surface area contributed by atoms with Crippen molar-refractivity contribution in [3.63, 3.8) is 0 Å². The van der Waals surface area contributed by atoms with E-state index in [0.29, 0.717) is 45.7 Å². The topological polar surface area (TPSA) is 119 Å². The number of pyridine rings is 1. The number of ether oxygens (including phenoxy) is 3. The van der Waals surface area contributed by atoms with Gasteiger partial charge in [0.25, 0.3) is 0 Å². The third-order valence-electron chi connectivity index (χ3n) is 8.01. The Kier molecular flexibility index (Phi) is 14.9. The molecule has 11 heteroatoms. The molecule has 0 N–H and O–H groups in total. The fourth-order valence-electron chi connectivity index (χ4n) is 5.57. The number of hydrogen-bond acceptors (Lipinski definition) is 11. The highest BCUT2D eigenvalue weighted by Gasteiger charge is 2.34. The first kappa shape index (κ1) is 39.8. The molecular weight excluding hydrogens is 624 g/mol. The lowest BCUT2D eigenvalue weighted by Crippen LogP contribution is -2.49. The van der Waals surface area contributed by atoms with Crippen LogP contribution in [-0.4, -0.2) is 99.9 Å². The molecule has 1 aromatic carbocycles. The van der Waals surface area contributed by atoms with Crippen LogP contribution >= 0.6 is 0 Å². The average molecular weight is 681 g/mol. The van der Waals surface area contributed by atoms with Gasteiger partial charge in [0.2, 0.25) is 0 Å². The largest absolute Gasteiger partial charge is 0.461 e. The van der Waals surface area contributed by atoms with E-state index in [1.807, 2.05) is 102 Å². The van der Waals surface area contributed by atoms with Crippen molar-refractivity contribution in [3.8, 4) is 0 Å². The van der Waals surface area contributed by atoms with Crippen LogP contribution in [0.15, 0.2) is 48.5 Å². The van der Waals surface area contributed by atoms with Crippen molar-refractivity contribution in [1.29, 1.82) is 0 Å². The van der Waals surface area contributed by atoms with Gasteiger partial charge in [0.15, 0.2) is 0 Å². The van der Waals surface area contributed by atoms with Crippen LogP contribution < -0.4 is 0 Å². The van der Waals surface area contributed by atoms with E-state index < -0.39 is 29.3 Å². The van der Waals surface area contributed by atoms with Gasteiger partial charge in [-0.2, -0.15) is 0 Å². The van der Waals surface area contributed by atoms with E-state index in [-0.39, 0.29) is 43.6 Å². The van der Waals surface area contributed by atoms with Crippen molar-refractivity contribution in [2.75, 3.05) is 33.2 Å². The smallest absolute Gasteiger partial charge is 0.323 e. The van der Waals surface area contributed by atoms with E-state index in [1.54, 1.807) is 0 Å². The van der Waals surface area contributed by atoms with E-state index in [4.69, 9.17) is 19.2 Å². The number of fused-ring (bicyclic) bond motifs is 2. The zero-order valence-electron chi connectivity index (χ0n) is 30.7. The van der Waals surface area contributed by atoms with E-state index in [1.165, 1.54) is 6.92 Å². The molecule has 0 amide bonds. The Labute approximate surface area is 292 Å². The number of aromatic nitrogens is 1. The lowest BCUT2D eigenvalue weighted by Gasteiger charge is -2.36.